The third kappa shape index (κ3) is 3.77. The van der Waals surface area contributed by atoms with Gasteiger partial charge in [0.05, 0.1) is 0 Å². The van der Waals surface area contributed by atoms with Gasteiger partial charge in [0.15, 0.2) is 0 Å². The summed E-state index contributed by atoms with van der Waals surface area (Å²) in [5.41, 5.74) is -0.267. The number of aliphatic carboxylic acids is 1. The van der Waals surface area contributed by atoms with E-state index in [4.69, 9.17) is 5.11 Å². The van der Waals surface area contributed by atoms with E-state index in [-0.39, 0.29) is 58.5 Å². The number of rotatable bonds is 5. The number of hydrogen-bond acceptors (Lipinski definition) is 3. The third-order valence-electron chi connectivity index (χ3n) is 10.7. The zero-order valence-electron chi connectivity index (χ0n) is 20.0. The fraction of sp³-hybridized carbons (Fsp3) is 0.846. The van der Waals surface area contributed by atoms with Gasteiger partial charge in [-0.25, -0.2) is 0 Å². The second-order valence-electron chi connectivity index (χ2n) is 11.7. The van der Waals surface area contributed by atoms with E-state index in [1.807, 2.05) is 0 Å². The molecule has 0 saturated heterocycles. The van der Waals surface area contributed by atoms with Gasteiger partial charge in [-0.1, -0.05) is 20.8 Å². The number of carbonyl (C=O) groups is 3. The molecule has 8 atom stereocenters. The van der Waals surface area contributed by atoms with Crippen LogP contribution in [0.1, 0.15) is 91.4 Å². The number of fused-ring (bicyclic) bond motifs is 5. The van der Waals surface area contributed by atoms with Gasteiger partial charge in [0.2, 0.25) is 0 Å². The summed E-state index contributed by atoms with van der Waals surface area (Å²) in [7, 11) is 0. The van der Waals surface area contributed by atoms with Crippen molar-refractivity contribution in [3.05, 3.63) is 6.92 Å². The van der Waals surface area contributed by atoms with Crippen LogP contribution in [0, 0.1) is 52.8 Å². The molecule has 0 spiro atoms. The van der Waals surface area contributed by atoms with E-state index in [0.717, 1.165) is 44.9 Å². The average Bonchev–Trinajstić information content (AvgIpc) is 2.96. The summed E-state index contributed by atoms with van der Waals surface area (Å²) in [6, 6.07) is 0. The van der Waals surface area contributed by atoms with Crippen molar-refractivity contribution in [1.82, 2.24) is 0 Å². The predicted molar refractivity (Wildman–Crippen MR) is 116 cm³/mol. The maximum absolute atomic E-state index is 12.9. The molecule has 4 saturated carbocycles. The Labute approximate surface area is 210 Å². The minimum Gasteiger partial charge on any atom is -0.481 e. The maximum Gasteiger partial charge on any atom is 1.00 e. The van der Waals surface area contributed by atoms with Crippen molar-refractivity contribution in [2.24, 2.45) is 45.8 Å². The number of Topliss-reactive ketones (excluding diaryl/α,β-unsaturated/α-hetero) is 2. The summed E-state index contributed by atoms with van der Waals surface area (Å²) in [5.74, 6) is 2.23. The van der Waals surface area contributed by atoms with Gasteiger partial charge in [0, 0.05) is 30.0 Å². The van der Waals surface area contributed by atoms with Gasteiger partial charge in [0.25, 0.3) is 0 Å². The zero-order chi connectivity index (χ0) is 21.9. The average molecular weight is 439 g/mol. The molecule has 5 heteroatoms. The first-order valence-electron chi connectivity index (χ1n) is 12.2. The second kappa shape index (κ2) is 8.80. The Kier molecular flexibility index (Phi) is 7.18. The second-order valence-corrected chi connectivity index (χ2v) is 11.7. The Bertz CT molecular complexity index is 750. The van der Waals surface area contributed by atoms with Crippen molar-refractivity contribution in [3.8, 4) is 0 Å². The molecule has 168 valence electrons. The molecule has 0 aromatic rings. The normalized spacial score (nSPS) is 46.3. The molecule has 4 fully saturated rings. The summed E-state index contributed by atoms with van der Waals surface area (Å²) < 4.78 is 0. The summed E-state index contributed by atoms with van der Waals surface area (Å²) in [6.07, 6.45) is 9.60. The minimum absolute atomic E-state index is 0. The van der Waals surface area contributed by atoms with E-state index in [0.29, 0.717) is 42.3 Å². The number of carboxylic acid groups (broad SMARTS) is 1. The van der Waals surface area contributed by atoms with E-state index >= 15 is 0 Å². The van der Waals surface area contributed by atoms with Crippen molar-refractivity contribution < 1.29 is 49.0 Å². The van der Waals surface area contributed by atoms with Gasteiger partial charge in [-0.15, -0.1) is 0 Å². The van der Waals surface area contributed by atoms with Crippen LogP contribution in [0.4, 0.5) is 0 Å². The maximum atomic E-state index is 12.9. The number of ketones is 2. The summed E-state index contributed by atoms with van der Waals surface area (Å²) in [6.45, 7) is 10.8. The third-order valence-corrected chi connectivity index (χ3v) is 10.7. The fourth-order valence-corrected chi connectivity index (χ4v) is 9.09. The standard InChI is InChI=1S/C26H39O4.Na/c1-16-15-24(3)18(14-22(16)28)7-8-19-20(24)9-12-25(4)21(19)10-13-26(25,17(2)27)11-5-6-23(29)30;/h16,18-21H,2,5-15H2,1,3-4H3,(H,29,30);/q-1;+1/t16?,18-,19+,20-,21-,24-,25-,26+;/m0./s1. The molecule has 0 bridgehead atoms. The molecule has 4 nitrogen and oxygen atoms in total. The molecule has 4 rings (SSSR count). The molecule has 0 aromatic carbocycles. The van der Waals surface area contributed by atoms with Gasteiger partial charge in [-0.05, 0) is 92.3 Å². The van der Waals surface area contributed by atoms with Gasteiger partial charge in [-0.3, -0.25) is 9.59 Å². The molecule has 1 N–H and O–H groups in total. The largest absolute Gasteiger partial charge is 1.00 e. The number of hydrogen-bond donors (Lipinski definition) is 1. The first-order chi connectivity index (χ1) is 14.0. The topological polar surface area (TPSA) is 71.4 Å². The monoisotopic (exact) mass is 438 g/mol. The molecule has 0 aliphatic heterocycles. The number of carboxylic acids is 1. The van der Waals surface area contributed by atoms with Crippen LogP contribution in [0.15, 0.2) is 0 Å². The Morgan fingerprint density at radius 2 is 1.77 bits per heavy atom. The first-order valence-corrected chi connectivity index (χ1v) is 12.2. The van der Waals surface area contributed by atoms with Gasteiger partial charge < -0.3 is 16.8 Å². The number of carbonyl (C=O) groups excluding carboxylic acids is 2. The molecule has 4 aliphatic carbocycles. The van der Waals surface area contributed by atoms with Gasteiger partial charge >= 0.3 is 35.5 Å². The molecule has 4 aliphatic rings. The van der Waals surface area contributed by atoms with Crippen LogP contribution in [-0.2, 0) is 14.4 Å². The van der Waals surface area contributed by atoms with Crippen LogP contribution >= 0.6 is 0 Å². The predicted octanol–water partition coefficient (Wildman–Crippen LogP) is 2.49. The molecular weight excluding hydrogens is 399 g/mol. The molecule has 0 amide bonds. The van der Waals surface area contributed by atoms with Gasteiger partial charge in [-0.2, -0.15) is 0 Å². The Hall–Kier alpha value is -0.320. The quantitative estimate of drug-likeness (QED) is 0.529. The molecule has 0 aromatic heterocycles. The Morgan fingerprint density at radius 1 is 1.10 bits per heavy atom. The zero-order valence-corrected chi connectivity index (χ0v) is 22.0. The smallest absolute Gasteiger partial charge is 0.481 e. The fourth-order valence-electron chi connectivity index (χ4n) is 9.09. The van der Waals surface area contributed by atoms with Crippen molar-refractivity contribution in [2.45, 2.75) is 91.4 Å². The van der Waals surface area contributed by atoms with Crippen molar-refractivity contribution in [2.75, 3.05) is 0 Å². The van der Waals surface area contributed by atoms with E-state index in [1.54, 1.807) is 0 Å². The SMILES string of the molecule is [CH2-]C(=O)[C@@]1(CCCC(=O)O)CC[C@H]2[C@@H]3CC[C@H]4CC(=O)C(C)C[C@]4(C)[C@H]3CC[C@@]21C.[Na+]. The van der Waals surface area contributed by atoms with Gasteiger partial charge in [0.1, 0.15) is 5.78 Å². The van der Waals surface area contributed by atoms with Crippen LogP contribution < -0.4 is 29.6 Å². The minimum atomic E-state index is -0.780. The molecule has 31 heavy (non-hydrogen) atoms. The van der Waals surface area contributed by atoms with Crippen LogP contribution in [0.25, 0.3) is 0 Å². The van der Waals surface area contributed by atoms with Crippen LogP contribution in [0.5, 0.6) is 0 Å². The van der Waals surface area contributed by atoms with E-state index in [1.165, 1.54) is 6.42 Å². The Morgan fingerprint density at radius 3 is 2.42 bits per heavy atom. The molecular formula is C26H39NaO4. The van der Waals surface area contributed by atoms with Crippen molar-refractivity contribution >= 4 is 17.5 Å². The summed E-state index contributed by atoms with van der Waals surface area (Å²) in [5, 5.41) is 9.11. The summed E-state index contributed by atoms with van der Waals surface area (Å²) in [4.78, 5) is 36.4. The van der Waals surface area contributed by atoms with E-state index in [2.05, 4.69) is 27.7 Å². The summed E-state index contributed by atoms with van der Waals surface area (Å²) >= 11 is 0. The first kappa shape index (κ1) is 25.3. The van der Waals surface area contributed by atoms with Crippen molar-refractivity contribution in [3.63, 3.8) is 0 Å². The Balaban J connectivity index is 0.00000272. The molecule has 0 heterocycles. The van der Waals surface area contributed by atoms with E-state index < -0.39 is 11.4 Å². The van der Waals surface area contributed by atoms with Crippen LogP contribution in [0.2, 0.25) is 0 Å². The van der Waals surface area contributed by atoms with Crippen molar-refractivity contribution in [1.29, 1.82) is 0 Å². The van der Waals surface area contributed by atoms with Crippen LogP contribution in [0.3, 0.4) is 0 Å². The van der Waals surface area contributed by atoms with E-state index in [9.17, 15) is 14.4 Å². The molecule has 1 unspecified atom stereocenters. The molecule has 0 radical (unpaired) electrons. The van der Waals surface area contributed by atoms with Crippen LogP contribution in [-0.4, -0.2) is 22.6 Å².